The molecule has 0 aliphatic carbocycles. The van der Waals surface area contributed by atoms with Crippen LogP contribution < -0.4 is 5.32 Å². The van der Waals surface area contributed by atoms with Crippen molar-refractivity contribution in [1.29, 1.82) is 0 Å². The van der Waals surface area contributed by atoms with E-state index >= 15 is 0 Å². The number of thiazole rings is 1. The summed E-state index contributed by atoms with van der Waals surface area (Å²) in [5.41, 5.74) is 1.05. The summed E-state index contributed by atoms with van der Waals surface area (Å²) in [6.07, 6.45) is 2.29. The summed E-state index contributed by atoms with van der Waals surface area (Å²) >= 11 is 1.70. The topological polar surface area (TPSA) is 34.2 Å². The smallest absolute Gasteiger partial charge is 0.183 e. The van der Waals surface area contributed by atoms with Crippen molar-refractivity contribution in [2.24, 2.45) is 0 Å². The molecule has 1 fully saturated rings. The summed E-state index contributed by atoms with van der Waals surface area (Å²) in [6.45, 7) is 3.89. The molecule has 0 amide bonds. The Bertz CT molecular complexity index is 484. The first-order valence-corrected chi connectivity index (χ1v) is 6.80. The van der Waals surface area contributed by atoms with E-state index in [2.05, 4.69) is 23.3 Å². The van der Waals surface area contributed by atoms with Gasteiger partial charge in [-0.15, -0.1) is 0 Å². The van der Waals surface area contributed by atoms with Crippen molar-refractivity contribution in [3.63, 3.8) is 0 Å². The van der Waals surface area contributed by atoms with E-state index in [1.807, 2.05) is 18.2 Å². The molecule has 0 saturated carbocycles. The number of nitrogens with zero attached hydrogens (tertiary/aromatic N) is 1. The molecule has 1 aromatic carbocycles. The molecule has 90 valence electrons. The van der Waals surface area contributed by atoms with Crippen molar-refractivity contribution in [2.45, 2.75) is 25.4 Å². The number of ether oxygens (including phenoxy) is 1. The third-order valence-corrected chi connectivity index (χ3v) is 4.20. The van der Waals surface area contributed by atoms with Crippen LogP contribution in [0.4, 0.5) is 5.13 Å². The lowest BCUT2D eigenvalue weighted by Crippen LogP contribution is -2.32. The summed E-state index contributed by atoms with van der Waals surface area (Å²) < 4.78 is 6.98. The Labute approximate surface area is 105 Å². The predicted molar refractivity (Wildman–Crippen MR) is 71.7 cm³/mol. The van der Waals surface area contributed by atoms with Crippen LogP contribution in [0.2, 0.25) is 0 Å². The molecule has 17 heavy (non-hydrogen) atoms. The van der Waals surface area contributed by atoms with Gasteiger partial charge in [-0.3, -0.25) is 0 Å². The lowest BCUT2D eigenvalue weighted by molar-refractivity contribution is 0.0315. The maximum absolute atomic E-state index is 5.75. The van der Waals surface area contributed by atoms with Crippen LogP contribution >= 0.6 is 11.3 Å². The highest BCUT2D eigenvalue weighted by atomic mass is 32.1. The SMILES string of the molecule is CC1(CNc2nc3ccccc3s2)CCCO1. The molecular weight excluding hydrogens is 232 g/mol. The monoisotopic (exact) mass is 248 g/mol. The quantitative estimate of drug-likeness (QED) is 0.905. The van der Waals surface area contributed by atoms with Crippen molar-refractivity contribution < 1.29 is 4.74 Å². The van der Waals surface area contributed by atoms with E-state index in [4.69, 9.17) is 4.74 Å². The first kappa shape index (κ1) is 11.0. The van der Waals surface area contributed by atoms with Gasteiger partial charge in [0.05, 0.1) is 15.8 Å². The van der Waals surface area contributed by atoms with E-state index in [0.29, 0.717) is 0 Å². The fourth-order valence-corrected chi connectivity index (χ4v) is 3.05. The van der Waals surface area contributed by atoms with Gasteiger partial charge < -0.3 is 10.1 Å². The average molecular weight is 248 g/mol. The van der Waals surface area contributed by atoms with Gasteiger partial charge in [0, 0.05) is 13.2 Å². The van der Waals surface area contributed by atoms with E-state index in [-0.39, 0.29) is 5.60 Å². The maximum Gasteiger partial charge on any atom is 0.183 e. The summed E-state index contributed by atoms with van der Waals surface area (Å²) in [5.74, 6) is 0. The van der Waals surface area contributed by atoms with Crippen LogP contribution in [0, 0.1) is 0 Å². The standard InChI is InChI=1S/C13H16N2OS/c1-13(7-4-8-16-13)9-14-12-15-10-5-2-3-6-11(10)17-12/h2-3,5-6H,4,7-9H2,1H3,(H,14,15). The van der Waals surface area contributed by atoms with Gasteiger partial charge in [-0.25, -0.2) is 4.98 Å². The van der Waals surface area contributed by atoms with Gasteiger partial charge in [0.15, 0.2) is 5.13 Å². The second kappa shape index (κ2) is 4.27. The third-order valence-electron chi connectivity index (χ3n) is 3.21. The molecule has 1 aromatic heterocycles. The van der Waals surface area contributed by atoms with Crippen LogP contribution in [-0.2, 0) is 4.74 Å². The molecule has 1 aliphatic heterocycles. The van der Waals surface area contributed by atoms with Crippen LogP contribution in [0.1, 0.15) is 19.8 Å². The average Bonchev–Trinajstić information content (AvgIpc) is 2.93. The number of nitrogens with one attached hydrogen (secondary N) is 1. The van der Waals surface area contributed by atoms with E-state index in [1.165, 1.54) is 4.70 Å². The molecule has 0 bridgehead atoms. The summed E-state index contributed by atoms with van der Waals surface area (Å²) in [6, 6.07) is 8.22. The molecule has 3 rings (SSSR count). The number of aromatic nitrogens is 1. The molecule has 1 atom stereocenters. The summed E-state index contributed by atoms with van der Waals surface area (Å²) in [4.78, 5) is 4.56. The second-order valence-corrected chi connectivity index (χ2v) is 5.77. The number of para-hydroxylation sites is 1. The van der Waals surface area contributed by atoms with Crippen LogP contribution in [0.15, 0.2) is 24.3 Å². The Morgan fingerprint density at radius 2 is 2.35 bits per heavy atom. The van der Waals surface area contributed by atoms with Gasteiger partial charge in [-0.1, -0.05) is 23.5 Å². The number of fused-ring (bicyclic) bond motifs is 1. The predicted octanol–water partition coefficient (Wildman–Crippen LogP) is 3.28. The van der Waals surface area contributed by atoms with Crippen LogP contribution in [-0.4, -0.2) is 23.7 Å². The van der Waals surface area contributed by atoms with Gasteiger partial charge in [0.1, 0.15) is 0 Å². The van der Waals surface area contributed by atoms with Gasteiger partial charge in [-0.05, 0) is 31.9 Å². The molecule has 1 aliphatic rings. The summed E-state index contributed by atoms with van der Waals surface area (Å²) in [5, 5.41) is 4.39. The van der Waals surface area contributed by atoms with Gasteiger partial charge in [0.2, 0.25) is 0 Å². The minimum Gasteiger partial charge on any atom is -0.373 e. The van der Waals surface area contributed by atoms with E-state index in [0.717, 1.165) is 36.6 Å². The lowest BCUT2D eigenvalue weighted by atomic mass is 10.0. The molecule has 4 heteroatoms. The molecule has 2 heterocycles. The Kier molecular flexibility index (Phi) is 2.76. The first-order chi connectivity index (χ1) is 8.25. The lowest BCUT2D eigenvalue weighted by Gasteiger charge is -2.22. The van der Waals surface area contributed by atoms with Gasteiger partial charge in [0.25, 0.3) is 0 Å². The van der Waals surface area contributed by atoms with Crippen molar-refractivity contribution in [3.8, 4) is 0 Å². The Hall–Kier alpha value is -1.13. The largest absolute Gasteiger partial charge is 0.373 e. The first-order valence-electron chi connectivity index (χ1n) is 5.99. The van der Waals surface area contributed by atoms with E-state index in [9.17, 15) is 0 Å². The van der Waals surface area contributed by atoms with Crippen molar-refractivity contribution in [2.75, 3.05) is 18.5 Å². The maximum atomic E-state index is 5.75. The number of rotatable bonds is 3. The molecule has 0 spiro atoms. The molecule has 1 saturated heterocycles. The molecule has 2 aromatic rings. The minimum absolute atomic E-state index is 0.0160. The zero-order chi connectivity index (χ0) is 11.7. The zero-order valence-electron chi connectivity index (χ0n) is 9.90. The highest BCUT2D eigenvalue weighted by Crippen LogP contribution is 2.28. The van der Waals surface area contributed by atoms with Crippen molar-refractivity contribution in [3.05, 3.63) is 24.3 Å². The molecule has 0 radical (unpaired) electrons. The van der Waals surface area contributed by atoms with Crippen molar-refractivity contribution >= 4 is 26.7 Å². The highest BCUT2D eigenvalue weighted by molar-refractivity contribution is 7.22. The van der Waals surface area contributed by atoms with Crippen LogP contribution in [0.25, 0.3) is 10.2 Å². The normalized spacial score (nSPS) is 24.3. The third kappa shape index (κ3) is 2.28. The summed E-state index contributed by atoms with van der Waals surface area (Å²) in [7, 11) is 0. The molecule has 1 N–H and O–H groups in total. The van der Waals surface area contributed by atoms with Crippen LogP contribution in [0.5, 0.6) is 0 Å². The Morgan fingerprint density at radius 1 is 1.47 bits per heavy atom. The minimum atomic E-state index is -0.0160. The number of hydrogen-bond acceptors (Lipinski definition) is 4. The molecule has 1 unspecified atom stereocenters. The fraction of sp³-hybridized carbons (Fsp3) is 0.462. The highest BCUT2D eigenvalue weighted by Gasteiger charge is 2.29. The van der Waals surface area contributed by atoms with E-state index in [1.54, 1.807) is 11.3 Å². The van der Waals surface area contributed by atoms with E-state index < -0.39 is 0 Å². The Morgan fingerprint density at radius 3 is 3.12 bits per heavy atom. The van der Waals surface area contributed by atoms with Gasteiger partial charge >= 0.3 is 0 Å². The molecule has 3 nitrogen and oxygen atoms in total. The fourth-order valence-electron chi connectivity index (χ4n) is 2.19. The zero-order valence-corrected chi connectivity index (χ0v) is 10.7. The Balaban J connectivity index is 1.72. The number of hydrogen-bond donors (Lipinski definition) is 1. The number of benzene rings is 1. The van der Waals surface area contributed by atoms with Crippen molar-refractivity contribution in [1.82, 2.24) is 4.98 Å². The number of anilines is 1. The second-order valence-electron chi connectivity index (χ2n) is 4.74. The van der Waals surface area contributed by atoms with Gasteiger partial charge in [-0.2, -0.15) is 0 Å². The molecular formula is C13H16N2OS. The van der Waals surface area contributed by atoms with Crippen LogP contribution in [0.3, 0.4) is 0 Å².